The minimum Gasteiger partial charge on any atom is -0.384 e. The Hall–Kier alpha value is -3.91. The summed E-state index contributed by atoms with van der Waals surface area (Å²) in [6.45, 7) is 4.09. The summed E-state index contributed by atoms with van der Waals surface area (Å²) in [5.74, 6) is -0.420. The molecule has 8 nitrogen and oxygen atoms in total. The van der Waals surface area contributed by atoms with Gasteiger partial charge in [0.15, 0.2) is 10.1 Å². The van der Waals surface area contributed by atoms with Gasteiger partial charge in [-0.25, -0.2) is 0 Å². The summed E-state index contributed by atoms with van der Waals surface area (Å²) in [6.07, 6.45) is 4.74. The molecule has 0 spiro atoms. The van der Waals surface area contributed by atoms with E-state index in [1.54, 1.807) is 29.2 Å². The van der Waals surface area contributed by atoms with E-state index in [4.69, 9.17) is 17.3 Å². The van der Waals surface area contributed by atoms with Gasteiger partial charge in [0.05, 0.1) is 17.4 Å². The van der Waals surface area contributed by atoms with Crippen LogP contribution in [-0.2, 0) is 9.59 Å². The zero-order valence-corrected chi connectivity index (χ0v) is 24.8. The van der Waals surface area contributed by atoms with Gasteiger partial charge in [0.25, 0.3) is 0 Å². The van der Waals surface area contributed by atoms with Gasteiger partial charge in [0.1, 0.15) is 5.82 Å². The van der Waals surface area contributed by atoms with Crippen LogP contribution in [0.4, 0.5) is 10.8 Å². The topological polar surface area (TPSA) is 125 Å². The number of nitrogens with one attached hydrogen (secondary N) is 1. The van der Waals surface area contributed by atoms with E-state index < -0.39 is 5.92 Å². The molecule has 2 heterocycles. The molecule has 0 radical (unpaired) electrons. The molecule has 3 aromatic rings. The fourth-order valence-electron chi connectivity index (χ4n) is 4.94. The Labute approximate surface area is 251 Å². The maximum absolute atomic E-state index is 13.6. The van der Waals surface area contributed by atoms with E-state index in [1.807, 2.05) is 56.3 Å². The van der Waals surface area contributed by atoms with E-state index in [-0.39, 0.29) is 34.3 Å². The lowest BCUT2D eigenvalue weighted by Gasteiger charge is -2.41. The second-order valence-electron chi connectivity index (χ2n) is 10.5. The largest absolute Gasteiger partial charge is 0.384 e. The summed E-state index contributed by atoms with van der Waals surface area (Å²) in [4.78, 5) is 27.8. The van der Waals surface area contributed by atoms with Crippen LogP contribution in [0.3, 0.4) is 0 Å². The molecule has 1 aliphatic heterocycles. The smallest absolute Gasteiger partial charge is 0.234 e. The second-order valence-corrected chi connectivity index (χ2v) is 13.1. The molecule has 0 bridgehead atoms. The molecule has 5 rings (SSSR count). The van der Waals surface area contributed by atoms with Crippen LogP contribution in [0, 0.1) is 22.7 Å². The zero-order chi connectivity index (χ0) is 29.1. The van der Waals surface area contributed by atoms with Crippen LogP contribution < -0.4 is 16.0 Å². The number of carbonyl (C=O) groups excluding carboxylic acids is 2. The molecule has 1 aliphatic carbocycles. The highest BCUT2D eigenvalue weighted by Crippen LogP contribution is 2.48. The Bertz CT molecular complexity index is 1620. The fraction of sp³-hybridized carbons (Fsp3) is 0.233. The first kappa shape index (κ1) is 28.6. The van der Waals surface area contributed by atoms with Crippen molar-refractivity contribution in [1.29, 1.82) is 5.26 Å². The van der Waals surface area contributed by atoms with Crippen molar-refractivity contribution in [2.45, 2.75) is 31.0 Å². The van der Waals surface area contributed by atoms with Crippen LogP contribution in [0.25, 0.3) is 6.08 Å². The maximum Gasteiger partial charge on any atom is 0.234 e. The van der Waals surface area contributed by atoms with Crippen molar-refractivity contribution in [2.75, 3.05) is 16.0 Å². The first-order valence-electron chi connectivity index (χ1n) is 12.9. The number of halogens is 1. The molecule has 208 valence electrons. The quantitative estimate of drug-likeness (QED) is 0.297. The summed E-state index contributed by atoms with van der Waals surface area (Å²) in [5, 5.41) is 22.7. The number of carbonyl (C=O) groups is 2. The highest BCUT2D eigenvalue weighted by atomic mass is 35.5. The van der Waals surface area contributed by atoms with Crippen molar-refractivity contribution in [3.8, 4) is 6.07 Å². The highest BCUT2D eigenvalue weighted by Gasteiger charge is 2.44. The molecule has 0 saturated heterocycles. The molecule has 1 unspecified atom stereocenters. The lowest BCUT2D eigenvalue weighted by Crippen LogP contribution is -2.42. The van der Waals surface area contributed by atoms with Gasteiger partial charge < -0.3 is 11.1 Å². The third kappa shape index (κ3) is 6.38. The molecule has 0 fully saturated rings. The number of nitrogens with two attached hydrogens (primary N) is 1. The number of Topliss-reactive ketones (excluding diaryl/α,β-unsaturated/α-hetero) is 1. The van der Waals surface area contributed by atoms with Crippen molar-refractivity contribution in [3.63, 3.8) is 0 Å². The number of amides is 1. The fourth-order valence-corrected chi connectivity index (χ4v) is 6.75. The Morgan fingerprint density at radius 3 is 2.66 bits per heavy atom. The number of benzene rings is 2. The lowest BCUT2D eigenvalue weighted by molar-refractivity contribution is -0.118. The van der Waals surface area contributed by atoms with Crippen LogP contribution in [0.5, 0.6) is 0 Å². The molecule has 1 amide bonds. The zero-order valence-electron chi connectivity index (χ0n) is 22.4. The van der Waals surface area contributed by atoms with Gasteiger partial charge in [-0.15, -0.1) is 10.2 Å². The van der Waals surface area contributed by atoms with Gasteiger partial charge in [-0.3, -0.25) is 14.5 Å². The summed E-state index contributed by atoms with van der Waals surface area (Å²) >= 11 is 8.41. The van der Waals surface area contributed by atoms with Crippen molar-refractivity contribution in [3.05, 3.63) is 93.9 Å². The SMILES string of the molecule is CC1(C)CC(=O)C2=C(C1)N(c1nnc(SCC(=O)Nc3ccc(Cl)cc3)s1)C(N)=C(C#N)C2/C=C/c1ccccc1. The third-order valence-electron chi connectivity index (χ3n) is 6.75. The first-order valence-corrected chi connectivity index (χ1v) is 15.0. The number of nitriles is 1. The number of ketones is 1. The van der Waals surface area contributed by atoms with Gasteiger partial charge >= 0.3 is 0 Å². The average Bonchev–Trinajstić information content (AvgIpc) is 3.40. The number of rotatable bonds is 7. The minimum absolute atomic E-state index is 0.0119. The standard InChI is InChI=1S/C30H27ClN6O2S2/c1-30(2)14-23-26(24(38)15-30)21(13-8-18-6-4-3-5-7-18)22(16-32)27(33)37(23)28-35-36-29(41-28)40-17-25(39)34-20-11-9-19(31)10-12-20/h3-13,21H,14-15,17,33H2,1-2H3,(H,34,39)/b13-8+. The second kappa shape index (κ2) is 11.9. The average molecular weight is 603 g/mol. The van der Waals surface area contributed by atoms with E-state index in [9.17, 15) is 14.9 Å². The van der Waals surface area contributed by atoms with Crippen molar-refractivity contribution in [2.24, 2.45) is 17.1 Å². The predicted molar refractivity (Wildman–Crippen MR) is 164 cm³/mol. The third-order valence-corrected chi connectivity index (χ3v) is 9.04. The number of hydrogen-bond donors (Lipinski definition) is 2. The van der Waals surface area contributed by atoms with Gasteiger partial charge in [0.2, 0.25) is 11.0 Å². The summed E-state index contributed by atoms with van der Waals surface area (Å²) < 4.78 is 0.562. The van der Waals surface area contributed by atoms with E-state index in [2.05, 4.69) is 21.6 Å². The Balaban J connectivity index is 1.43. The number of thioether (sulfide) groups is 1. The molecular weight excluding hydrogens is 576 g/mol. The molecular formula is C30H27ClN6O2S2. The van der Waals surface area contributed by atoms with Crippen LogP contribution in [0.2, 0.25) is 5.02 Å². The number of hydrogen-bond acceptors (Lipinski definition) is 9. The molecule has 2 aliphatic rings. The molecule has 1 atom stereocenters. The van der Waals surface area contributed by atoms with Gasteiger partial charge in [-0.1, -0.05) is 91.0 Å². The van der Waals surface area contributed by atoms with Crippen LogP contribution in [-0.4, -0.2) is 27.6 Å². The van der Waals surface area contributed by atoms with E-state index >= 15 is 0 Å². The summed E-state index contributed by atoms with van der Waals surface area (Å²) in [7, 11) is 0. The van der Waals surface area contributed by atoms with Crippen LogP contribution in [0.1, 0.15) is 32.3 Å². The van der Waals surface area contributed by atoms with Crippen molar-refractivity contribution in [1.82, 2.24) is 10.2 Å². The Morgan fingerprint density at radius 2 is 1.95 bits per heavy atom. The Kier molecular flexibility index (Phi) is 8.31. The summed E-state index contributed by atoms with van der Waals surface area (Å²) in [5.41, 5.74) is 9.55. The van der Waals surface area contributed by atoms with Gasteiger partial charge in [0, 0.05) is 34.3 Å². The van der Waals surface area contributed by atoms with Crippen LogP contribution >= 0.6 is 34.7 Å². The highest BCUT2D eigenvalue weighted by molar-refractivity contribution is 8.01. The number of aromatic nitrogens is 2. The molecule has 2 aromatic carbocycles. The lowest BCUT2D eigenvalue weighted by atomic mass is 9.70. The van der Waals surface area contributed by atoms with Gasteiger partial charge in [-0.2, -0.15) is 5.26 Å². The maximum atomic E-state index is 13.6. The van der Waals surface area contributed by atoms with Crippen molar-refractivity contribution >= 4 is 63.3 Å². The van der Waals surface area contributed by atoms with Crippen molar-refractivity contribution < 1.29 is 9.59 Å². The molecule has 3 N–H and O–H groups in total. The molecule has 11 heteroatoms. The van der Waals surface area contributed by atoms with E-state index in [0.717, 1.165) is 11.3 Å². The summed E-state index contributed by atoms with van der Waals surface area (Å²) in [6, 6.07) is 18.8. The monoisotopic (exact) mass is 602 g/mol. The normalized spacial score (nSPS) is 18.4. The molecule has 1 aromatic heterocycles. The first-order chi connectivity index (χ1) is 19.6. The molecule has 41 heavy (non-hydrogen) atoms. The number of allylic oxidation sites excluding steroid dienone is 4. The Morgan fingerprint density at radius 1 is 1.22 bits per heavy atom. The van der Waals surface area contributed by atoms with Crippen LogP contribution in [0.15, 0.2) is 87.7 Å². The van der Waals surface area contributed by atoms with E-state index in [1.165, 1.54) is 23.1 Å². The van der Waals surface area contributed by atoms with Gasteiger partial charge in [-0.05, 0) is 41.7 Å². The number of nitrogens with zero attached hydrogens (tertiary/aromatic N) is 4. The minimum atomic E-state index is -0.562. The number of anilines is 2. The predicted octanol–water partition coefficient (Wildman–Crippen LogP) is 6.41. The molecule has 0 saturated carbocycles. The van der Waals surface area contributed by atoms with E-state index in [0.29, 0.717) is 38.6 Å².